The Balaban J connectivity index is 2.62. The first-order chi connectivity index (χ1) is 8.04. The second kappa shape index (κ2) is 3.96. The van der Waals surface area contributed by atoms with Crippen LogP contribution in [-0.4, -0.2) is 9.78 Å². The van der Waals surface area contributed by atoms with Crippen LogP contribution in [0.1, 0.15) is 5.56 Å². The Morgan fingerprint density at radius 2 is 2.12 bits per heavy atom. The van der Waals surface area contributed by atoms with Crippen molar-refractivity contribution in [2.45, 2.75) is 0 Å². The summed E-state index contributed by atoms with van der Waals surface area (Å²) in [6.45, 7) is 0. The number of halogens is 2. The highest BCUT2D eigenvalue weighted by Crippen LogP contribution is 2.24. The van der Waals surface area contributed by atoms with Gasteiger partial charge in [0.05, 0.1) is 10.7 Å². The number of benzene rings is 1. The molecule has 0 saturated heterocycles. The van der Waals surface area contributed by atoms with E-state index in [0.717, 1.165) is 6.07 Å². The van der Waals surface area contributed by atoms with E-state index in [2.05, 4.69) is 5.10 Å². The van der Waals surface area contributed by atoms with Crippen LogP contribution in [0.5, 0.6) is 0 Å². The SMILES string of the molecule is N#Cc1c(N)nn(-c2ccc(Cl)c(F)c2)c1N. The number of hydrogen-bond donors (Lipinski definition) is 2. The highest BCUT2D eigenvalue weighted by Gasteiger charge is 2.14. The number of nitrogen functional groups attached to an aromatic ring is 2. The van der Waals surface area contributed by atoms with Crippen molar-refractivity contribution in [1.82, 2.24) is 9.78 Å². The van der Waals surface area contributed by atoms with Gasteiger partial charge in [0.1, 0.15) is 23.3 Å². The van der Waals surface area contributed by atoms with Gasteiger partial charge in [-0.25, -0.2) is 9.07 Å². The zero-order valence-electron chi connectivity index (χ0n) is 8.48. The van der Waals surface area contributed by atoms with Crippen molar-refractivity contribution in [3.8, 4) is 11.8 Å². The van der Waals surface area contributed by atoms with Gasteiger partial charge in [-0.2, -0.15) is 5.26 Å². The fourth-order valence-corrected chi connectivity index (χ4v) is 1.49. The molecule has 0 unspecified atom stereocenters. The fourth-order valence-electron chi connectivity index (χ4n) is 1.38. The van der Waals surface area contributed by atoms with Crippen LogP contribution in [-0.2, 0) is 0 Å². The van der Waals surface area contributed by atoms with Crippen molar-refractivity contribution in [2.24, 2.45) is 0 Å². The van der Waals surface area contributed by atoms with Crippen LogP contribution in [0.3, 0.4) is 0 Å². The number of anilines is 2. The Morgan fingerprint density at radius 1 is 1.41 bits per heavy atom. The van der Waals surface area contributed by atoms with Crippen LogP contribution in [0.4, 0.5) is 16.0 Å². The van der Waals surface area contributed by atoms with E-state index in [1.165, 1.54) is 16.8 Å². The van der Waals surface area contributed by atoms with E-state index < -0.39 is 5.82 Å². The Morgan fingerprint density at radius 3 is 2.65 bits per heavy atom. The molecule has 0 saturated carbocycles. The van der Waals surface area contributed by atoms with E-state index in [1.807, 2.05) is 6.07 Å². The molecule has 0 aliphatic rings. The largest absolute Gasteiger partial charge is 0.382 e. The second-order valence-corrected chi connectivity index (χ2v) is 3.67. The average Bonchev–Trinajstić information content (AvgIpc) is 2.58. The van der Waals surface area contributed by atoms with Crippen molar-refractivity contribution in [1.29, 1.82) is 5.26 Å². The van der Waals surface area contributed by atoms with Crippen LogP contribution in [0.15, 0.2) is 18.2 Å². The van der Waals surface area contributed by atoms with Crippen molar-refractivity contribution in [3.63, 3.8) is 0 Å². The minimum Gasteiger partial charge on any atom is -0.382 e. The summed E-state index contributed by atoms with van der Waals surface area (Å²) >= 11 is 5.56. The summed E-state index contributed by atoms with van der Waals surface area (Å²) in [4.78, 5) is 0. The topological polar surface area (TPSA) is 93.6 Å². The third-order valence-corrected chi connectivity index (χ3v) is 2.51. The minimum absolute atomic E-state index is 0.000332. The summed E-state index contributed by atoms with van der Waals surface area (Å²) < 4.78 is 14.5. The molecule has 0 amide bonds. The summed E-state index contributed by atoms with van der Waals surface area (Å²) in [6.07, 6.45) is 0. The lowest BCUT2D eigenvalue weighted by molar-refractivity contribution is 0.626. The van der Waals surface area contributed by atoms with Gasteiger partial charge in [0, 0.05) is 6.07 Å². The molecule has 86 valence electrons. The molecule has 0 bridgehead atoms. The summed E-state index contributed by atoms with van der Waals surface area (Å²) in [7, 11) is 0. The minimum atomic E-state index is -0.601. The Hall–Kier alpha value is -2.26. The maximum atomic E-state index is 13.3. The van der Waals surface area contributed by atoms with Gasteiger partial charge in [-0.05, 0) is 12.1 Å². The highest BCUT2D eigenvalue weighted by molar-refractivity contribution is 6.30. The van der Waals surface area contributed by atoms with Crippen molar-refractivity contribution >= 4 is 23.2 Å². The summed E-state index contributed by atoms with van der Waals surface area (Å²) in [5, 5.41) is 12.7. The van der Waals surface area contributed by atoms with E-state index in [0.29, 0.717) is 5.69 Å². The van der Waals surface area contributed by atoms with Gasteiger partial charge in [-0.1, -0.05) is 11.6 Å². The maximum absolute atomic E-state index is 13.3. The molecule has 0 fully saturated rings. The quantitative estimate of drug-likeness (QED) is 0.807. The molecule has 2 rings (SSSR count). The highest BCUT2D eigenvalue weighted by atomic mass is 35.5. The van der Waals surface area contributed by atoms with Gasteiger partial charge in [0.2, 0.25) is 0 Å². The van der Waals surface area contributed by atoms with Gasteiger partial charge in [0.15, 0.2) is 5.82 Å². The fraction of sp³-hybridized carbons (Fsp3) is 0. The van der Waals surface area contributed by atoms with Crippen LogP contribution >= 0.6 is 11.6 Å². The third kappa shape index (κ3) is 1.77. The lowest BCUT2D eigenvalue weighted by Gasteiger charge is -2.04. The number of nitrogens with two attached hydrogens (primary N) is 2. The summed E-state index contributed by atoms with van der Waals surface area (Å²) in [5.74, 6) is -0.539. The molecule has 0 spiro atoms. The van der Waals surface area contributed by atoms with E-state index >= 15 is 0 Å². The summed E-state index contributed by atoms with van der Waals surface area (Å²) in [5.41, 5.74) is 11.6. The standard InChI is InChI=1S/C10H7ClFN5/c11-7-2-1-5(3-8(7)12)17-10(15)6(4-13)9(14)16-17/h1-3H,15H2,(H2,14,16). The van der Waals surface area contributed by atoms with Gasteiger partial charge >= 0.3 is 0 Å². The van der Waals surface area contributed by atoms with Crippen LogP contribution in [0, 0.1) is 17.1 Å². The predicted octanol–water partition coefficient (Wildman–Crippen LogP) is 1.70. The first-order valence-corrected chi connectivity index (χ1v) is 4.92. The predicted molar refractivity (Wildman–Crippen MR) is 62.1 cm³/mol. The third-order valence-electron chi connectivity index (χ3n) is 2.21. The van der Waals surface area contributed by atoms with Gasteiger partial charge in [-0.3, -0.25) is 0 Å². The van der Waals surface area contributed by atoms with Gasteiger partial charge in [-0.15, -0.1) is 5.10 Å². The van der Waals surface area contributed by atoms with Gasteiger partial charge < -0.3 is 11.5 Å². The molecule has 1 heterocycles. The number of nitrogens with zero attached hydrogens (tertiary/aromatic N) is 3. The monoisotopic (exact) mass is 251 g/mol. The zero-order chi connectivity index (χ0) is 12.6. The lowest BCUT2D eigenvalue weighted by atomic mass is 10.3. The smallest absolute Gasteiger partial charge is 0.166 e. The molecule has 1 aromatic carbocycles. The average molecular weight is 252 g/mol. The van der Waals surface area contributed by atoms with Crippen LogP contribution in [0.25, 0.3) is 5.69 Å². The normalized spacial score (nSPS) is 10.2. The lowest BCUT2D eigenvalue weighted by Crippen LogP contribution is -2.03. The first kappa shape index (κ1) is 11.2. The molecule has 0 atom stereocenters. The Bertz CT molecular complexity index is 628. The molecule has 7 heteroatoms. The van der Waals surface area contributed by atoms with Crippen molar-refractivity contribution in [2.75, 3.05) is 11.5 Å². The molecule has 1 aromatic heterocycles. The second-order valence-electron chi connectivity index (χ2n) is 3.27. The van der Waals surface area contributed by atoms with Crippen molar-refractivity contribution in [3.05, 3.63) is 34.6 Å². The number of rotatable bonds is 1. The first-order valence-electron chi connectivity index (χ1n) is 4.54. The molecule has 0 radical (unpaired) electrons. The van der Waals surface area contributed by atoms with Crippen LogP contribution < -0.4 is 11.5 Å². The molecule has 2 aromatic rings. The van der Waals surface area contributed by atoms with E-state index in [1.54, 1.807) is 0 Å². The maximum Gasteiger partial charge on any atom is 0.166 e. The molecule has 0 aliphatic heterocycles. The van der Waals surface area contributed by atoms with Crippen LogP contribution in [0.2, 0.25) is 5.02 Å². The number of nitriles is 1. The van der Waals surface area contributed by atoms with Gasteiger partial charge in [0.25, 0.3) is 0 Å². The van der Waals surface area contributed by atoms with Crippen molar-refractivity contribution < 1.29 is 4.39 Å². The molecule has 4 N–H and O–H groups in total. The Labute approximate surface area is 101 Å². The number of aromatic nitrogens is 2. The van der Waals surface area contributed by atoms with E-state index in [9.17, 15) is 4.39 Å². The zero-order valence-corrected chi connectivity index (χ0v) is 9.24. The summed E-state index contributed by atoms with van der Waals surface area (Å²) in [6, 6.07) is 5.88. The Kier molecular flexibility index (Phi) is 2.61. The molecular weight excluding hydrogens is 245 g/mol. The molecule has 0 aliphatic carbocycles. The molecular formula is C10H7ClFN5. The van der Waals surface area contributed by atoms with E-state index in [4.69, 9.17) is 28.3 Å². The van der Waals surface area contributed by atoms with E-state index in [-0.39, 0.29) is 22.2 Å². The molecule has 17 heavy (non-hydrogen) atoms. The number of hydrogen-bond acceptors (Lipinski definition) is 4. The molecule has 5 nitrogen and oxygen atoms in total.